The van der Waals surface area contributed by atoms with E-state index in [0.717, 1.165) is 13.0 Å². The molecule has 6 nitrogen and oxygen atoms in total. The summed E-state index contributed by atoms with van der Waals surface area (Å²) in [5.74, 6) is 0.352. The second-order valence-corrected chi connectivity index (χ2v) is 5.27. The Bertz CT molecular complexity index is 465. The Kier molecular flexibility index (Phi) is 5.38. The molecule has 2 rings (SSSR count). The summed E-state index contributed by atoms with van der Waals surface area (Å²) < 4.78 is 5.12. The van der Waals surface area contributed by atoms with Crippen LogP contribution in [0.2, 0.25) is 0 Å². The first-order valence-corrected chi connectivity index (χ1v) is 7.48. The molecule has 116 valence electrons. The molecule has 0 radical (unpaired) electrons. The number of piperazine rings is 1. The van der Waals surface area contributed by atoms with Crippen LogP contribution >= 0.6 is 0 Å². The maximum atomic E-state index is 12.3. The third kappa shape index (κ3) is 3.85. The fraction of sp³-hybridized carbons (Fsp3) is 0.600. The van der Waals surface area contributed by atoms with E-state index in [4.69, 9.17) is 4.42 Å². The number of nitrogens with one attached hydrogen (secondary N) is 1. The van der Waals surface area contributed by atoms with E-state index in [1.54, 1.807) is 17.0 Å². The van der Waals surface area contributed by atoms with Gasteiger partial charge in [-0.1, -0.05) is 6.92 Å². The summed E-state index contributed by atoms with van der Waals surface area (Å²) in [6.45, 7) is 7.04. The second-order valence-electron chi connectivity index (χ2n) is 5.27. The molecular formula is C15H23N3O3. The summed E-state index contributed by atoms with van der Waals surface area (Å²) in [6, 6.07) is 3.20. The van der Waals surface area contributed by atoms with Crippen LogP contribution in [0.5, 0.6) is 0 Å². The quantitative estimate of drug-likeness (QED) is 0.878. The molecule has 1 fully saturated rings. The monoisotopic (exact) mass is 293 g/mol. The fourth-order valence-electron chi connectivity index (χ4n) is 2.41. The third-order valence-electron chi connectivity index (χ3n) is 3.68. The van der Waals surface area contributed by atoms with E-state index in [-0.39, 0.29) is 17.9 Å². The maximum Gasteiger partial charge on any atom is 0.289 e. The molecule has 0 spiro atoms. The SMILES string of the molecule is CCCNC(C)C(=O)N1CCN(C(=O)c2ccco2)CC1. The van der Waals surface area contributed by atoms with E-state index in [9.17, 15) is 9.59 Å². The minimum absolute atomic E-state index is 0.105. The standard InChI is InChI=1S/C15H23N3O3/c1-3-6-16-12(2)14(19)17-7-9-18(10-8-17)15(20)13-5-4-11-21-13/h4-5,11-12,16H,3,6-10H2,1-2H3. The van der Waals surface area contributed by atoms with Crippen LogP contribution in [0.4, 0.5) is 0 Å². The van der Waals surface area contributed by atoms with Gasteiger partial charge in [-0.2, -0.15) is 0 Å². The topological polar surface area (TPSA) is 65.8 Å². The van der Waals surface area contributed by atoms with Gasteiger partial charge in [-0.15, -0.1) is 0 Å². The Balaban J connectivity index is 1.83. The molecule has 0 saturated carbocycles. The first-order valence-electron chi connectivity index (χ1n) is 7.48. The van der Waals surface area contributed by atoms with Crippen LogP contribution in [0.3, 0.4) is 0 Å². The maximum absolute atomic E-state index is 12.3. The van der Waals surface area contributed by atoms with Gasteiger partial charge >= 0.3 is 0 Å². The van der Waals surface area contributed by atoms with Crippen LogP contribution in [0.25, 0.3) is 0 Å². The summed E-state index contributed by atoms with van der Waals surface area (Å²) in [7, 11) is 0. The predicted molar refractivity (Wildman–Crippen MR) is 78.9 cm³/mol. The van der Waals surface area contributed by atoms with Crippen molar-refractivity contribution in [3.8, 4) is 0 Å². The van der Waals surface area contributed by atoms with Crippen molar-refractivity contribution in [2.24, 2.45) is 0 Å². The molecule has 0 aliphatic carbocycles. The predicted octanol–water partition coefficient (Wildman–Crippen LogP) is 0.952. The molecule has 1 unspecified atom stereocenters. The minimum atomic E-state index is -0.169. The molecule has 1 aromatic rings. The Morgan fingerprint density at radius 2 is 1.95 bits per heavy atom. The Morgan fingerprint density at radius 3 is 2.52 bits per heavy atom. The normalized spacial score (nSPS) is 16.9. The van der Waals surface area contributed by atoms with Gasteiger partial charge in [0.25, 0.3) is 5.91 Å². The molecule has 1 aliphatic heterocycles. The zero-order valence-electron chi connectivity index (χ0n) is 12.7. The smallest absolute Gasteiger partial charge is 0.289 e. The van der Waals surface area contributed by atoms with E-state index in [2.05, 4.69) is 12.2 Å². The lowest BCUT2D eigenvalue weighted by Crippen LogP contribution is -2.54. The molecule has 1 aliphatic rings. The minimum Gasteiger partial charge on any atom is -0.459 e. The van der Waals surface area contributed by atoms with Gasteiger partial charge in [0.2, 0.25) is 5.91 Å². The van der Waals surface area contributed by atoms with Crippen molar-refractivity contribution in [2.75, 3.05) is 32.7 Å². The van der Waals surface area contributed by atoms with Gasteiger partial charge in [0, 0.05) is 26.2 Å². The van der Waals surface area contributed by atoms with Gasteiger partial charge in [0.05, 0.1) is 12.3 Å². The fourth-order valence-corrected chi connectivity index (χ4v) is 2.41. The third-order valence-corrected chi connectivity index (χ3v) is 3.68. The Morgan fingerprint density at radius 1 is 1.29 bits per heavy atom. The summed E-state index contributed by atoms with van der Waals surface area (Å²) >= 11 is 0. The molecule has 1 N–H and O–H groups in total. The van der Waals surface area contributed by atoms with E-state index in [1.807, 2.05) is 11.8 Å². The van der Waals surface area contributed by atoms with Crippen molar-refractivity contribution in [1.82, 2.24) is 15.1 Å². The molecule has 6 heteroatoms. The molecule has 2 amide bonds. The highest BCUT2D eigenvalue weighted by Gasteiger charge is 2.27. The Labute approximate surface area is 125 Å². The number of nitrogens with zero attached hydrogens (tertiary/aromatic N) is 2. The number of furan rings is 1. The molecular weight excluding hydrogens is 270 g/mol. The van der Waals surface area contributed by atoms with Crippen LogP contribution in [0.15, 0.2) is 22.8 Å². The van der Waals surface area contributed by atoms with Gasteiger partial charge in [0.15, 0.2) is 5.76 Å². The lowest BCUT2D eigenvalue weighted by Gasteiger charge is -2.35. The zero-order valence-corrected chi connectivity index (χ0v) is 12.7. The van der Waals surface area contributed by atoms with Crippen molar-refractivity contribution in [3.05, 3.63) is 24.2 Å². The second kappa shape index (κ2) is 7.26. The van der Waals surface area contributed by atoms with E-state index < -0.39 is 0 Å². The summed E-state index contributed by atoms with van der Waals surface area (Å²) in [4.78, 5) is 27.9. The van der Waals surface area contributed by atoms with Crippen molar-refractivity contribution >= 4 is 11.8 Å². The first-order chi connectivity index (χ1) is 10.1. The van der Waals surface area contributed by atoms with Gasteiger partial charge in [-0.25, -0.2) is 0 Å². The van der Waals surface area contributed by atoms with Gasteiger partial charge in [-0.3, -0.25) is 9.59 Å². The molecule has 1 saturated heterocycles. The largest absolute Gasteiger partial charge is 0.459 e. The van der Waals surface area contributed by atoms with Crippen LogP contribution in [0.1, 0.15) is 30.8 Å². The molecule has 0 aromatic carbocycles. The summed E-state index contributed by atoms with van der Waals surface area (Å²) in [5, 5.41) is 3.20. The van der Waals surface area contributed by atoms with Crippen molar-refractivity contribution < 1.29 is 14.0 Å². The first kappa shape index (κ1) is 15.6. The van der Waals surface area contributed by atoms with Crippen molar-refractivity contribution in [2.45, 2.75) is 26.3 Å². The van der Waals surface area contributed by atoms with Crippen molar-refractivity contribution in [1.29, 1.82) is 0 Å². The zero-order chi connectivity index (χ0) is 15.2. The highest BCUT2D eigenvalue weighted by Crippen LogP contribution is 2.10. The summed E-state index contributed by atoms with van der Waals surface area (Å²) in [5.41, 5.74) is 0. The average Bonchev–Trinajstić information content (AvgIpc) is 3.05. The van der Waals surface area contributed by atoms with E-state index in [1.165, 1.54) is 6.26 Å². The lowest BCUT2D eigenvalue weighted by atomic mass is 10.2. The molecule has 1 atom stereocenters. The lowest BCUT2D eigenvalue weighted by molar-refractivity contribution is -0.134. The van der Waals surface area contributed by atoms with Gasteiger partial charge in [-0.05, 0) is 32.0 Å². The van der Waals surface area contributed by atoms with Crippen LogP contribution < -0.4 is 5.32 Å². The van der Waals surface area contributed by atoms with Crippen LogP contribution in [0, 0.1) is 0 Å². The van der Waals surface area contributed by atoms with E-state index >= 15 is 0 Å². The number of rotatable bonds is 5. The average molecular weight is 293 g/mol. The number of hydrogen-bond acceptors (Lipinski definition) is 4. The van der Waals surface area contributed by atoms with Crippen molar-refractivity contribution in [3.63, 3.8) is 0 Å². The Hall–Kier alpha value is -1.82. The number of carbonyl (C=O) groups is 2. The van der Waals surface area contributed by atoms with Crippen LogP contribution in [-0.2, 0) is 4.79 Å². The summed E-state index contributed by atoms with van der Waals surface area (Å²) in [6.07, 6.45) is 2.50. The number of hydrogen-bond donors (Lipinski definition) is 1. The highest BCUT2D eigenvalue weighted by molar-refractivity contribution is 5.91. The molecule has 2 heterocycles. The van der Waals surface area contributed by atoms with Gasteiger partial charge < -0.3 is 19.5 Å². The van der Waals surface area contributed by atoms with E-state index in [0.29, 0.717) is 31.9 Å². The van der Waals surface area contributed by atoms with Gasteiger partial charge in [0.1, 0.15) is 0 Å². The number of amides is 2. The number of carbonyl (C=O) groups excluding carboxylic acids is 2. The molecule has 21 heavy (non-hydrogen) atoms. The molecule has 0 bridgehead atoms. The highest BCUT2D eigenvalue weighted by atomic mass is 16.3. The van der Waals surface area contributed by atoms with Crippen LogP contribution in [-0.4, -0.2) is 60.4 Å². The molecule has 1 aromatic heterocycles.